The number of Topliss-reactive ketones (excluding diaryl/α,β-unsaturated/α-hetero) is 1. The minimum atomic E-state index is -5.41. The average molecular weight is 413 g/mol. The zero-order valence-corrected chi connectivity index (χ0v) is 13.1. The van der Waals surface area contributed by atoms with Crippen molar-refractivity contribution in [1.82, 2.24) is 0 Å². The molecule has 1 atom stereocenters. The molecule has 1 aromatic rings. The van der Waals surface area contributed by atoms with Gasteiger partial charge in [-0.05, 0) is 5.56 Å². The lowest BCUT2D eigenvalue weighted by Crippen LogP contribution is -2.35. The van der Waals surface area contributed by atoms with Gasteiger partial charge in [-0.25, -0.2) is 0 Å². The van der Waals surface area contributed by atoms with E-state index in [-0.39, 0.29) is 11.6 Å². The van der Waals surface area contributed by atoms with Crippen molar-refractivity contribution >= 4 is 27.5 Å². The van der Waals surface area contributed by atoms with E-state index in [4.69, 9.17) is 0 Å². The van der Waals surface area contributed by atoms with Crippen LogP contribution in [-0.2, 0) is 9.59 Å². The van der Waals surface area contributed by atoms with Crippen LogP contribution in [0.15, 0.2) is 53.1 Å². The Bertz CT molecular complexity index is 743. The average Bonchev–Trinajstić information content (AvgIpc) is 2.46. The Morgan fingerprint density at radius 1 is 0.875 bits per heavy atom. The summed E-state index contributed by atoms with van der Waals surface area (Å²) < 4.78 is 77.8. The molecule has 0 aromatic heterocycles. The van der Waals surface area contributed by atoms with Crippen LogP contribution in [0.25, 0.3) is 0 Å². The van der Waals surface area contributed by atoms with Crippen molar-refractivity contribution in [3.63, 3.8) is 0 Å². The summed E-state index contributed by atoms with van der Waals surface area (Å²) in [6.07, 6.45) is -10.9. The number of benzene rings is 1. The number of allylic oxidation sites excluding steroid dienone is 4. The highest BCUT2D eigenvalue weighted by atomic mass is 79.9. The maximum Gasteiger partial charge on any atom is 0.420 e. The fourth-order valence-electron chi connectivity index (χ4n) is 2.19. The minimum Gasteiger partial charge on any atom is -0.290 e. The molecular formula is C15H7BrF6O2. The second-order valence-electron chi connectivity index (χ2n) is 4.81. The maximum atomic E-state index is 13.2. The predicted octanol–water partition coefficient (Wildman–Crippen LogP) is 4.62. The van der Waals surface area contributed by atoms with Crippen LogP contribution in [0, 0.1) is 0 Å². The molecule has 0 fully saturated rings. The van der Waals surface area contributed by atoms with Crippen LogP contribution in [0.1, 0.15) is 10.4 Å². The quantitative estimate of drug-likeness (QED) is 0.403. The van der Waals surface area contributed by atoms with E-state index in [2.05, 4.69) is 15.9 Å². The van der Waals surface area contributed by atoms with E-state index in [1.807, 2.05) is 0 Å². The van der Waals surface area contributed by atoms with Crippen LogP contribution in [0.5, 0.6) is 0 Å². The molecule has 0 saturated carbocycles. The Kier molecular flexibility index (Phi) is 4.76. The third kappa shape index (κ3) is 3.45. The monoisotopic (exact) mass is 412 g/mol. The second kappa shape index (κ2) is 6.19. The standard InChI is InChI=1S/C15H7BrF6O2/c16-12(7-4-2-1-3-5-7)10-9(23)6-8(14(17,18)19)13(24)11(10)15(20,21)22/h1-6,12H. The van der Waals surface area contributed by atoms with Crippen LogP contribution in [0.3, 0.4) is 0 Å². The molecule has 24 heavy (non-hydrogen) atoms. The highest BCUT2D eigenvalue weighted by Gasteiger charge is 2.52. The molecule has 0 spiro atoms. The summed E-state index contributed by atoms with van der Waals surface area (Å²) in [5, 5.41) is 0. The molecule has 0 bridgehead atoms. The smallest absolute Gasteiger partial charge is 0.290 e. The van der Waals surface area contributed by atoms with E-state index in [0.29, 0.717) is 0 Å². The fraction of sp³-hybridized carbons (Fsp3) is 0.200. The van der Waals surface area contributed by atoms with Crippen molar-refractivity contribution in [3.8, 4) is 0 Å². The Morgan fingerprint density at radius 2 is 1.42 bits per heavy atom. The van der Waals surface area contributed by atoms with E-state index in [1.165, 1.54) is 24.3 Å². The molecular weight excluding hydrogens is 406 g/mol. The third-order valence-corrected chi connectivity index (χ3v) is 4.20. The minimum absolute atomic E-state index is 0.0931. The van der Waals surface area contributed by atoms with Crippen molar-refractivity contribution in [2.45, 2.75) is 17.2 Å². The normalized spacial score (nSPS) is 17.9. The lowest BCUT2D eigenvalue weighted by molar-refractivity contribution is -0.138. The van der Waals surface area contributed by atoms with Crippen LogP contribution in [0.2, 0.25) is 0 Å². The van der Waals surface area contributed by atoms with Crippen LogP contribution in [0.4, 0.5) is 26.3 Å². The number of halogens is 7. The van der Waals surface area contributed by atoms with E-state index in [9.17, 15) is 35.9 Å². The molecule has 0 N–H and O–H groups in total. The summed E-state index contributed by atoms with van der Waals surface area (Å²) >= 11 is 2.88. The topological polar surface area (TPSA) is 34.1 Å². The third-order valence-electron chi connectivity index (χ3n) is 3.22. The summed E-state index contributed by atoms with van der Waals surface area (Å²) in [5.74, 6) is -3.77. The number of carbonyl (C=O) groups is 2. The molecule has 1 aromatic carbocycles. The molecule has 0 heterocycles. The van der Waals surface area contributed by atoms with Gasteiger partial charge in [-0.1, -0.05) is 46.3 Å². The summed E-state index contributed by atoms with van der Waals surface area (Å²) in [4.78, 5) is 22.3. The molecule has 0 radical (unpaired) electrons. The summed E-state index contributed by atoms with van der Waals surface area (Å²) in [7, 11) is 0. The molecule has 1 aliphatic rings. The van der Waals surface area contributed by atoms with Gasteiger partial charge in [0.15, 0.2) is 5.78 Å². The SMILES string of the molecule is O=C1C=C(C(F)(F)F)C(=O)C(C(F)(F)F)=C1C(Br)c1ccccc1. The number of hydrogen-bond donors (Lipinski definition) is 0. The first-order chi connectivity index (χ1) is 10.9. The van der Waals surface area contributed by atoms with Crippen molar-refractivity contribution < 1.29 is 35.9 Å². The molecule has 2 nitrogen and oxygen atoms in total. The Labute approximate surface area is 140 Å². The van der Waals surface area contributed by atoms with Gasteiger partial charge in [0.1, 0.15) is 11.1 Å². The van der Waals surface area contributed by atoms with Gasteiger partial charge < -0.3 is 0 Å². The van der Waals surface area contributed by atoms with Crippen molar-refractivity contribution in [2.75, 3.05) is 0 Å². The molecule has 1 unspecified atom stereocenters. The Balaban J connectivity index is 2.66. The number of rotatable bonds is 2. The predicted molar refractivity (Wildman–Crippen MR) is 75.3 cm³/mol. The van der Waals surface area contributed by atoms with E-state index < -0.39 is 45.5 Å². The Hall–Kier alpha value is -1.90. The van der Waals surface area contributed by atoms with E-state index in [0.717, 1.165) is 0 Å². The first-order valence-electron chi connectivity index (χ1n) is 6.33. The van der Waals surface area contributed by atoms with Gasteiger partial charge in [0.25, 0.3) is 0 Å². The first-order valence-corrected chi connectivity index (χ1v) is 7.24. The molecule has 128 valence electrons. The van der Waals surface area contributed by atoms with Crippen molar-refractivity contribution in [1.29, 1.82) is 0 Å². The van der Waals surface area contributed by atoms with Crippen LogP contribution < -0.4 is 0 Å². The Morgan fingerprint density at radius 3 is 1.88 bits per heavy atom. The lowest BCUT2D eigenvalue weighted by Gasteiger charge is -2.24. The second-order valence-corrected chi connectivity index (χ2v) is 5.72. The summed E-state index contributed by atoms with van der Waals surface area (Å²) in [6.45, 7) is 0. The van der Waals surface area contributed by atoms with Gasteiger partial charge in [0.2, 0.25) is 5.78 Å². The van der Waals surface area contributed by atoms with Crippen molar-refractivity contribution in [3.05, 3.63) is 58.7 Å². The molecule has 1 aliphatic carbocycles. The van der Waals surface area contributed by atoms with Crippen LogP contribution >= 0.6 is 15.9 Å². The number of ketones is 2. The van der Waals surface area contributed by atoms with Gasteiger partial charge in [-0.2, -0.15) is 26.3 Å². The van der Waals surface area contributed by atoms with Gasteiger partial charge >= 0.3 is 12.4 Å². The van der Waals surface area contributed by atoms with E-state index >= 15 is 0 Å². The number of carbonyl (C=O) groups excluding carboxylic acids is 2. The molecule has 9 heteroatoms. The zero-order chi connectivity index (χ0) is 18.3. The van der Waals surface area contributed by atoms with Crippen molar-refractivity contribution in [2.24, 2.45) is 0 Å². The largest absolute Gasteiger partial charge is 0.420 e. The highest BCUT2D eigenvalue weighted by Crippen LogP contribution is 2.44. The van der Waals surface area contributed by atoms with Gasteiger partial charge in [0.05, 0.1) is 4.83 Å². The van der Waals surface area contributed by atoms with Gasteiger partial charge in [-0.15, -0.1) is 0 Å². The van der Waals surface area contributed by atoms with Gasteiger partial charge in [0, 0.05) is 11.6 Å². The molecule has 0 aliphatic heterocycles. The summed E-state index contributed by atoms with van der Waals surface area (Å²) in [6, 6.07) is 7.27. The maximum absolute atomic E-state index is 13.2. The first kappa shape index (κ1) is 18.4. The zero-order valence-electron chi connectivity index (χ0n) is 11.5. The summed E-state index contributed by atoms with van der Waals surface area (Å²) in [5.41, 5.74) is -5.10. The molecule has 0 amide bonds. The molecule has 2 rings (SSSR count). The lowest BCUT2D eigenvalue weighted by atomic mass is 9.85. The van der Waals surface area contributed by atoms with Crippen LogP contribution in [-0.4, -0.2) is 23.9 Å². The number of alkyl halides is 7. The number of hydrogen-bond acceptors (Lipinski definition) is 2. The van der Waals surface area contributed by atoms with E-state index in [1.54, 1.807) is 6.07 Å². The fourth-order valence-corrected chi connectivity index (χ4v) is 2.95. The molecule has 0 saturated heterocycles. The highest BCUT2D eigenvalue weighted by molar-refractivity contribution is 9.09. The van der Waals surface area contributed by atoms with Gasteiger partial charge in [-0.3, -0.25) is 9.59 Å².